The fraction of sp³-hybridized carbons (Fsp3) is 0.300. The quantitative estimate of drug-likeness (QED) is 0.805. The molecule has 1 amide bonds. The average molecular weight is 339 g/mol. The number of Topliss-reactive ketones (excluding diaryl/α,β-unsaturated/α-hetero) is 1. The van der Waals surface area contributed by atoms with E-state index >= 15 is 0 Å². The third-order valence-electron chi connectivity index (χ3n) is 4.23. The van der Waals surface area contributed by atoms with E-state index in [1.165, 1.54) is 35.7 Å². The number of hydrogen-bond acceptors (Lipinski definition) is 3. The number of hydrogen-bond donors (Lipinski definition) is 1. The lowest BCUT2D eigenvalue weighted by Crippen LogP contribution is -2.18. The van der Waals surface area contributed by atoms with Crippen molar-refractivity contribution in [3.8, 4) is 0 Å². The van der Waals surface area contributed by atoms with Gasteiger partial charge in [0, 0.05) is 11.3 Å². The largest absolute Gasteiger partial charge is 0.325 e. The molecule has 0 spiro atoms. The highest BCUT2D eigenvalue weighted by Crippen LogP contribution is 2.27. The monoisotopic (exact) mass is 339 g/mol. The van der Waals surface area contributed by atoms with Crippen LogP contribution in [0, 0.1) is 0 Å². The van der Waals surface area contributed by atoms with Crippen molar-refractivity contribution in [2.75, 3.05) is 16.8 Å². The molecule has 0 radical (unpaired) electrons. The number of nitrogens with one attached hydrogen (secondary N) is 1. The summed E-state index contributed by atoms with van der Waals surface area (Å²) < 4.78 is 0. The van der Waals surface area contributed by atoms with Crippen LogP contribution in [-0.4, -0.2) is 23.2 Å². The van der Waals surface area contributed by atoms with E-state index in [0.717, 1.165) is 18.5 Å². The molecule has 0 saturated carbocycles. The van der Waals surface area contributed by atoms with Crippen LogP contribution in [0.4, 0.5) is 5.69 Å². The molecule has 3 rings (SSSR count). The van der Waals surface area contributed by atoms with E-state index in [1.807, 2.05) is 30.3 Å². The fourth-order valence-corrected chi connectivity index (χ4v) is 3.74. The molecule has 0 bridgehead atoms. The Hall–Kier alpha value is -2.07. The molecule has 1 aliphatic carbocycles. The zero-order chi connectivity index (χ0) is 16.8. The maximum Gasteiger partial charge on any atom is 0.234 e. The van der Waals surface area contributed by atoms with Gasteiger partial charge in [-0.25, -0.2) is 0 Å². The van der Waals surface area contributed by atoms with Crippen molar-refractivity contribution in [2.24, 2.45) is 0 Å². The third kappa shape index (κ3) is 4.26. The van der Waals surface area contributed by atoms with Crippen molar-refractivity contribution in [1.82, 2.24) is 0 Å². The van der Waals surface area contributed by atoms with Crippen LogP contribution >= 0.6 is 11.8 Å². The minimum absolute atomic E-state index is 0.0418. The Balaban J connectivity index is 1.51. The summed E-state index contributed by atoms with van der Waals surface area (Å²) in [7, 11) is 0. The summed E-state index contributed by atoms with van der Waals surface area (Å²) in [6, 6.07) is 15.3. The Morgan fingerprint density at radius 3 is 2.54 bits per heavy atom. The lowest BCUT2D eigenvalue weighted by molar-refractivity contribution is -0.113. The first-order chi connectivity index (χ1) is 11.7. The third-order valence-corrected chi connectivity index (χ3v) is 5.16. The number of benzene rings is 2. The van der Waals surface area contributed by atoms with Gasteiger partial charge < -0.3 is 5.32 Å². The number of thioether (sulfide) groups is 1. The van der Waals surface area contributed by atoms with Crippen molar-refractivity contribution in [3.63, 3.8) is 0 Å². The number of carbonyl (C=O) groups is 2. The molecular formula is C20H21NO2S. The van der Waals surface area contributed by atoms with Crippen LogP contribution in [0.5, 0.6) is 0 Å². The van der Waals surface area contributed by atoms with Gasteiger partial charge in [-0.15, -0.1) is 11.8 Å². The summed E-state index contributed by atoms with van der Waals surface area (Å²) in [4.78, 5) is 24.2. The second-order valence-corrected chi connectivity index (χ2v) is 6.97. The normalized spacial score (nSPS) is 13.2. The highest BCUT2D eigenvalue weighted by atomic mass is 32.2. The summed E-state index contributed by atoms with van der Waals surface area (Å²) >= 11 is 1.36. The summed E-state index contributed by atoms with van der Waals surface area (Å²) in [5.41, 5.74) is 4.27. The van der Waals surface area contributed by atoms with Gasteiger partial charge in [-0.1, -0.05) is 42.5 Å². The van der Waals surface area contributed by atoms with E-state index in [9.17, 15) is 9.59 Å². The zero-order valence-corrected chi connectivity index (χ0v) is 14.4. The van der Waals surface area contributed by atoms with Gasteiger partial charge in [0.2, 0.25) is 5.91 Å². The predicted molar refractivity (Wildman–Crippen MR) is 99.8 cm³/mol. The molecule has 0 aliphatic heterocycles. The highest BCUT2D eigenvalue weighted by molar-refractivity contribution is 8.00. The molecule has 24 heavy (non-hydrogen) atoms. The van der Waals surface area contributed by atoms with Gasteiger partial charge in [-0.3, -0.25) is 9.59 Å². The van der Waals surface area contributed by atoms with Crippen molar-refractivity contribution >= 4 is 29.1 Å². The standard InChI is InChI=1S/C20H21NO2S/c22-19(16-8-2-1-3-9-16)13-24-14-20(23)21-18-12-6-10-15-7-4-5-11-17(15)18/h1-3,6,8-10,12H,4-5,7,11,13-14H2,(H,21,23). The van der Waals surface area contributed by atoms with Crippen LogP contribution in [0.1, 0.15) is 34.3 Å². The Morgan fingerprint density at radius 2 is 1.71 bits per heavy atom. The lowest BCUT2D eigenvalue weighted by Gasteiger charge is -2.19. The second-order valence-electron chi connectivity index (χ2n) is 5.98. The number of carbonyl (C=O) groups excluding carboxylic acids is 2. The second kappa shape index (κ2) is 8.15. The van der Waals surface area contributed by atoms with Gasteiger partial charge in [-0.2, -0.15) is 0 Å². The van der Waals surface area contributed by atoms with E-state index in [2.05, 4.69) is 11.4 Å². The zero-order valence-electron chi connectivity index (χ0n) is 13.6. The summed E-state index contributed by atoms with van der Waals surface area (Å²) in [6.45, 7) is 0. The molecular weight excluding hydrogens is 318 g/mol. The topological polar surface area (TPSA) is 46.2 Å². The predicted octanol–water partition coefficient (Wildman–Crippen LogP) is 4.12. The van der Waals surface area contributed by atoms with Gasteiger partial charge in [0.05, 0.1) is 11.5 Å². The number of amides is 1. The number of anilines is 1. The van der Waals surface area contributed by atoms with Crippen LogP contribution < -0.4 is 5.32 Å². The van der Waals surface area contributed by atoms with Crippen LogP contribution in [0.15, 0.2) is 48.5 Å². The molecule has 124 valence electrons. The number of ketones is 1. The Labute approximate surface area is 146 Å². The molecule has 3 nitrogen and oxygen atoms in total. The van der Waals surface area contributed by atoms with Crippen molar-refractivity contribution < 1.29 is 9.59 Å². The van der Waals surface area contributed by atoms with Gasteiger partial charge in [-0.05, 0) is 42.9 Å². The van der Waals surface area contributed by atoms with Crippen LogP contribution in [0.2, 0.25) is 0 Å². The molecule has 0 unspecified atom stereocenters. The van der Waals surface area contributed by atoms with Crippen molar-refractivity contribution in [1.29, 1.82) is 0 Å². The summed E-state index contributed by atoms with van der Waals surface area (Å²) in [5.74, 6) is 0.636. The summed E-state index contributed by atoms with van der Waals surface area (Å²) in [6.07, 6.45) is 4.53. The molecule has 1 N–H and O–H groups in total. The Bertz CT molecular complexity index is 728. The van der Waals surface area contributed by atoms with Crippen LogP contribution in [0.25, 0.3) is 0 Å². The SMILES string of the molecule is O=C(CSCC(=O)c1ccccc1)Nc1cccc2c1CCCC2. The molecule has 0 atom stereocenters. The summed E-state index contributed by atoms with van der Waals surface area (Å²) in [5, 5.41) is 3.01. The first kappa shape index (κ1) is 16.8. The van der Waals surface area contributed by atoms with E-state index in [-0.39, 0.29) is 11.7 Å². The molecule has 2 aromatic carbocycles. The molecule has 0 heterocycles. The van der Waals surface area contributed by atoms with Gasteiger partial charge in [0.15, 0.2) is 5.78 Å². The van der Waals surface area contributed by atoms with Gasteiger partial charge in [0.25, 0.3) is 0 Å². The molecule has 2 aromatic rings. The van der Waals surface area contributed by atoms with Crippen molar-refractivity contribution in [2.45, 2.75) is 25.7 Å². The minimum Gasteiger partial charge on any atom is -0.325 e. The minimum atomic E-state index is -0.0418. The molecule has 0 fully saturated rings. The lowest BCUT2D eigenvalue weighted by atomic mass is 9.90. The smallest absolute Gasteiger partial charge is 0.234 e. The molecule has 4 heteroatoms. The van der Waals surface area contributed by atoms with E-state index in [1.54, 1.807) is 12.1 Å². The first-order valence-electron chi connectivity index (χ1n) is 8.30. The maximum atomic E-state index is 12.2. The number of aryl methyl sites for hydroxylation is 1. The maximum absolute atomic E-state index is 12.2. The molecule has 0 saturated heterocycles. The Morgan fingerprint density at radius 1 is 0.917 bits per heavy atom. The van der Waals surface area contributed by atoms with E-state index < -0.39 is 0 Å². The molecule has 0 aromatic heterocycles. The first-order valence-corrected chi connectivity index (χ1v) is 9.46. The Kier molecular flexibility index (Phi) is 5.70. The number of fused-ring (bicyclic) bond motifs is 1. The van der Waals surface area contributed by atoms with E-state index in [4.69, 9.17) is 0 Å². The van der Waals surface area contributed by atoms with E-state index in [0.29, 0.717) is 17.1 Å². The fourth-order valence-electron chi connectivity index (χ4n) is 3.03. The van der Waals surface area contributed by atoms with Gasteiger partial charge in [0.1, 0.15) is 0 Å². The van der Waals surface area contributed by atoms with Crippen LogP contribution in [-0.2, 0) is 17.6 Å². The van der Waals surface area contributed by atoms with Crippen molar-refractivity contribution in [3.05, 3.63) is 65.2 Å². The number of rotatable bonds is 6. The van der Waals surface area contributed by atoms with Gasteiger partial charge >= 0.3 is 0 Å². The molecule has 1 aliphatic rings. The highest BCUT2D eigenvalue weighted by Gasteiger charge is 2.14. The van der Waals surface area contributed by atoms with Crippen LogP contribution in [0.3, 0.4) is 0 Å². The average Bonchev–Trinajstić information content (AvgIpc) is 2.63.